The van der Waals surface area contributed by atoms with Crippen LogP contribution in [0.2, 0.25) is 0 Å². The van der Waals surface area contributed by atoms with E-state index in [1.165, 1.54) is 0 Å². The maximum absolute atomic E-state index is 13.2. The highest BCUT2D eigenvalue weighted by molar-refractivity contribution is 9.11. The number of hydrogen-bond donors (Lipinski definition) is 0. The smallest absolute Gasteiger partial charge is 0.343 e. The Bertz CT molecular complexity index is 1130. The van der Waals surface area contributed by atoms with Gasteiger partial charge in [0.1, 0.15) is 16.2 Å². The second-order valence-electron chi connectivity index (χ2n) is 6.40. The molecule has 0 spiro atoms. The van der Waals surface area contributed by atoms with E-state index in [4.69, 9.17) is 8.92 Å². The summed E-state index contributed by atoms with van der Waals surface area (Å²) in [6.45, 7) is 6.14. The van der Waals surface area contributed by atoms with E-state index in [2.05, 4.69) is 36.8 Å². The predicted molar refractivity (Wildman–Crippen MR) is 117 cm³/mol. The number of pyridine rings is 1. The minimum absolute atomic E-state index is 0.000509. The Hall–Kier alpha value is -1.64. The second-order valence-corrected chi connectivity index (χ2v) is 9.62. The van der Waals surface area contributed by atoms with Crippen molar-refractivity contribution >= 4 is 52.9 Å². The number of halogens is 2. The average molecular weight is 529 g/mol. The zero-order valence-electron chi connectivity index (χ0n) is 15.6. The van der Waals surface area contributed by atoms with Gasteiger partial charge < -0.3 is 8.92 Å². The van der Waals surface area contributed by atoms with Crippen molar-refractivity contribution in [2.45, 2.75) is 31.6 Å². The van der Waals surface area contributed by atoms with Crippen molar-refractivity contribution in [1.82, 2.24) is 4.98 Å². The van der Waals surface area contributed by atoms with Crippen LogP contribution in [-0.4, -0.2) is 20.0 Å². The van der Waals surface area contributed by atoms with Gasteiger partial charge in [-0.1, -0.05) is 41.9 Å². The number of nitrogens with zero attached hydrogens (tertiary/aromatic N) is 1. The first kappa shape index (κ1) is 21.1. The van der Waals surface area contributed by atoms with E-state index in [9.17, 15) is 8.42 Å². The van der Waals surface area contributed by atoms with E-state index in [1.807, 2.05) is 26.0 Å². The molecule has 1 aromatic heterocycles. The minimum atomic E-state index is -4.16. The van der Waals surface area contributed by atoms with Crippen LogP contribution in [0.1, 0.15) is 32.3 Å². The lowest BCUT2D eigenvalue weighted by molar-refractivity contribution is 0.329. The Morgan fingerprint density at radius 2 is 1.86 bits per heavy atom. The quantitative estimate of drug-likeness (QED) is 0.364. The molecular formula is C20H19Br2NO4S. The summed E-state index contributed by atoms with van der Waals surface area (Å²) in [4.78, 5) is 4.30. The van der Waals surface area contributed by atoms with Gasteiger partial charge in [-0.2, -0.15) is 8.42 Å². The molecule has 0 bridgehead atoms. The third-order valence-electron chi connectivity index (χ3n) is 4.15. The molecule has 0 fully saturated rings. The van der Waals surface area contributed by atoms with Crippen molar-refractivity contribution in [2.75, 3.05) is 6.61 Å². The van der Waals surface area contributed by atoms with Crippen LogP contribution >= 0.6 is 31.9 Å². The molecule has 0 N–H and O–H groups in total. The second kappa shape index (κ2) is 8.39. The van der Waals surface area contributed by atoms with Crippen LogP contribution in [0.4, 0.5) is 0 Å². The number of hydrogen-bond acceptors (Lipinski definition) is 5. The molecule has 0 aliphatic carbocycles. The summed E-state index contributed by atoms with van der Waals surface area (Å²) in [5.74, 6) is 0.556. The summed E-state index contributed by atoms with van der Waals surface area (Å²) < 4.78 is 38.8. The largest absolute Gasteiger partial charge is 0.492 e. The molecule has 0 saturated heterocycles. The summed E-state index contributed by atoms with van der Waals surface area (Å²) in [5.41, 5.74) is 1.31. The van der Waals surface area contributed by atoms with Crippen LogP contribution in [0.15, 0.2) is 56.4 Å². The fourth-order valence-electron chi connectivity index (χ4n) is 2.73. The first-order valence-corrected chi connectivity index (χ1v) is 11.7. The molecule has 0 atom stereocenters. The molecule has 0 amide bonds. The van der Waals surface area contributed by atoms with Gasteiger partial charge in [0, 0.05) is 16.1 Å². The normalized spacial score (nSPS) is 11.8. The highest BCUT2D eigenvalue weighted by atomic mass is 79.9. The number of aromatic nitrogens is 1. The van der Waals surface area contributed by atoms with Crippen molar-refractivity contribution in [3.05, 3.63) is 57.1 Å². The SMILES string of the molecule is CCOc1ccc(C(C)C)cc1S(=O)(=O)Oc1c(Br)cc(Br)c2cccnc12. The third-order valence-corrected chi connectivity index (χ3v) is 6.64. The van der Waals surface area contributed by atoms with Gasteiger partial charge in [0.05, 0.1) is 11.1 Å². The monoisotopic (exact) mass is 527 g/mol. The lowest BCUT2D eigenvalue weighted by Gasteiger charge is -2.16. The molecular weight excluding hydrogens is 510 g/mol. The molecule has 0 radical (unpaired) electrons. The van der Waals surface area contributed by atoms with E-state index in [0.717, 1.165) is 15.4 Å². The first-order valence-electron chi connectivity index (χ1n) is 8.68. The van der Waals surface area contributed by atoms with Gasteiger partial charge in [0.2, 0.25) is 0 Å². The molecule has 0 saturated carbocycles. The van der Waals surface area contributed by atoms with Crippen LogP contribution in [-0.2, 0) is 10.1 Å². The number of ether oxygens (including phenoxy) is 1. The van der Waals surface area contributed by atoms with E-state index >= 15 is 0 Å². The van der Waals surface area contributed by atoms with Crippen LogP contribution in [0.25, 0.3) is 10.9 Å². The zero-order valence-corrected chi connectivity index (χ0v) is 19.6. The Labute approximate surface area is 181 Å². The van der Waals surface area contributed by atoms with E-state index in [0.29, 0.717) is 16.6 Å². The lowest BCUT2D eigenvalue weighted by atomic mass is 10.0. The fourth-order valence-corrected chi connectivity index (χ4v) is 5.33. The van der Waals surface area contributed by atoms with E-state index < -0.39 is 10.1 Å². The summed E-state index contributed by atoms with van der Waals surface area (Å²) in [7, 11) is -4.16. The molecule has 0 aliphatic heterocycles. The number of benzene rings is 2. The third kappa shape index (κ3) is 4.18. The molecule has 0 aliphatic rings. The Morgan fingerprint density at radius 3 is 2.54 bits per heavy atom. The lowest BCUT2D eigenvalue weighted by Crippen LogP contribution is -2.13. The summed E-state index contributed by atoms with van der Waals surface area (Å²) >= 11 is 6.86. The molecule has 0 unspecified atom stereocenters. The van der Waals surface area contributed by atoms with Crippen molar-refractivity contribution in [2.24, 2.45) is 0 Å². The van der Waals surface area contributed by atoms with Crippen molar-refractivity contribution in [3.8, 4) is 11.5 Å². The molecule has 148 valence electrons. The molecule has 1 heterocycles. The Balaban J connectivity index is 2.16. The van der Waals surface area contributed by atoms with Gasteiger partial charge in [-0.05, 0) is 58.6 Å². The van der Waals surface area contributed by atoms with Crippen LogP contribution in [0, 0.1) is 0 Å². The number of rotatable bonds is 6. The predicted octanol–water partition coefficient (Wildman–Crippen LogP) is 6.05. The van der Waals surface area contributed by atoms with Gasteiger partial charge in [0.25, 0.3) is 0 Å². The highest BCUT2D eigenvalue weighted by Crippen LogP contribution is 2.39. The van der Waals surface area contributed by atoms with E-state index in [-0.39, 0.29) is 22.3 Å². The van der Waals surface area contributed by atoms with Crippen LogP contribution in [0.5, 0.6) is 11.5 Å². The van der Waals surface area contributed by atoms with Gasteiger partial charge in [-0.25, -0.2) is 0 Å². The average Bonchev–Trinajstić information content (AvgIpc) is 2.65. The number of fused-ring (bicyclic) bond motifs is 1. The molecule has 8 heteroatoms. The van der Waals surface area contributed by atoms with Crippen molar-refractivity contribution < 1.29 is 17.3 Å². The maximum Gasteiger partial charge on any atom is 0.343 e. The zero-order chi connectivity index (χ0) is 20.5. The Kier molecular flexibility index (Phi) is 6.31. The molecule has 3 rings (SSSR count). The van der Waals surface area contributed by atoms with E-state index in [1.54, 1.807) is 37.4 Å². The summed E-state index contributed by atoms with van der Waals surface area (Å²) in [6.07, 6.45) is 1.59. The molecule has 2 aromatic carbocycles. The summed E-state index contributed by atoms with van der Waals surface area (Å²) in [5, 5.41) is 0.747. The highest BCUT2D eigenvalue weighted by Gasteiger charge is 2.26. The molecule has 5 nitrogen and oxygen atoms in total. The standard InChI is InChI=1S/C20H19Br2NO4S/c1-4-26-17-8-7-13(12(2)3)10-18(17)28(24,25)27-20-16(22)11-15(21)14-6-5-9-23-19(14)20/h5-12H,4H2,1-3H3. The first-order chi connectivity index (χ1) is 13.2. The molecule has 3 aromatic rings. The van der Waals surface area contributed by atoms with Crippen molar-refractivity contribution in [3.63, 3.8) is 0 Å². The fraction of sp³-hybridized carbons (Fsp3) is 0.250. The van der Waals surface area contributed by atoms with Crippen LogP contribution in [0.3, 0.4) is 0 Å². The van der Waals surface area contributed by atoms with Gasteiger partial charge >= 0.3 is 10.1 Å². The van der Waals surface area contributed by atoms with Gasteiger partial charge in [0.15, 0.2) is 5.75 Å². The Morgan fingerprint density at radius 1 is 1.11 bits per heavy atom. The van der Waals surface area contributed by atoms with Crippen LogP contribution < -0.4 is 8.92 Å². The maximum atomic E-state index is 13.2. The molecule has 28 heavy (non-hydrogen) atoms. The van der Waals surface area contributed by atoms with Gasteiger partial charge in [-0.15, -0.1) is 0 Å². The minimum Gasteiger partial charge on any atom is -0.492 e. The van der Waals surface area contributed by atoms with Crippen molar-refractivity contribution in [1.29, 1.82) is 0 Å². The van der Waals surface area contributed by atoms with Gasteiger partial charge in [-0.3, -0.25) is 4.98 Å². The summed E-state index contributed by atoms with van der Waals surface area (Å²) in [6, 6.07) is 10.5. The topological polar surface area (TPSA) is 65.5 Å².